The lowest BCUT2D eigenvalue weighted by molar-refractivity contribution is 0.592. The van der Waals surface area contributed by atoms with Crippen molar-refractivity contribution in [2.75, 3.05) is 0 Å². The van der Waals surface area contributed by atoms with Gasteiger partial charge in [0, 0.05) is 15.9 Å². The summed E-state index contributed by atoms with van der Waals surface area (Å²) in [6, 6.07) is 38.6. The van der Waals surface area contributed by atoms with Crippen LogP contribution < -0.4 is 15.9 Å². The smallest absolute Gasteiger partial charge is 0.171 e. The van der Waals surface area contributed by atoms with Crippen molar-refractivity contribution in [1.29, 1.82) is 0 Å². The summed E-state index contributed by atoms with van der Waals surface area (Å²) in [7, 11) is -2.94. The second-order valence-corrected chi connectivity index (χ2v) is 9.78. The van der Waals surface area contributed by atoms with E-state index in [9.17, 15) is 4.57 Å². The molecule has 5 aromatic rings. The molecule has 0 aliphatic rings. The van der Waals surface area contributed by atoms with Gasteiger partial charge in [0.05, 0.1) is 0 Å². The molecule has 5 aromatic carbocycles. The van der Waals surface area contributed by atoms with Crippen LogP contribution in [0.3, 0.4) is 0 Å². The molecule has 2 heteroatoms. The Balaban J connectivity index is 1.78. The molecule has 0 unspecified atom stereocenters. The molecule has 0 spiro atoms. The lowest BCUT2D eigenvalue weighted by atomic mass is 10.0. The molecule has 0 amide bonds. The summed E-state index contributed by atoms with van der Waals surface area (Å²) >= 11 is 0. The summed E-state index contributed by atoms with van der Waals surface area (Å²) in [5.74, 6) is 0. The van der Waals surface area contributed by atoms with Gasteiger partial charge in [-0.05, 0) is 39.7 Å². The first-order chi connectivity index (χ1) is 13.7. The Labute approximate surface area is 164 Å². The highest BCUT2D eigenvalue weighted by Gasteiger charge is 2.29. The van der Waals surface area contributed by atoms with E-state index in [2.05, 4.69) is 48.5 Å². The maximum absolute atomic E-state index is 14.5. The van der Waals surface area contributed by atoms with Crippen LogP contribution in [0.5, 0.6) is 0 Å². The predicted molar refractivity (Wildman–Crippen MR) is 121 cm³/mol. The van der Waals surface area contributed by atoms with Gasteiger partial charge in [0.2, 0.25) is 0 Å². The van der Waals surface area contributed by atoms with Crippen molar-refractivity contribution in [1.82, 2.24) is 0 Å². The molecular weight excluding hydrogens is 359 g/mol. The van der Waals surface area contributed by atoms with Crippen molar-refractivity contribution in [2.45, 2.75) is 0 Å². The second-order valence-electron chi connectivity index (χ2n) is 7.01. The Hall–Kier alpha value is -3.15. The van der Waals surface area contributed by atoms with E-state index in [4.69, 9.17) is 0 Å². The van der Waals surface area contributed by atoms with Crippen LogP contribution in [0.25, 0.3) is 21.5 Å². The maximum atomic E-state index is 14.5. The van der Waals surface area contributed by atoms with Gasteiger partial charge in [0.15, 0.2) is 7.14 Å². The van der Waals surface area contributed by atoms with E-state index in [0.717, 1.165) is 26.7 Å². The van der Waals surface area contributed by atoms with Crippen molar-refractivity contribution >= 4 is 44.6 Å². The third-order valence-electron chi connectivity index (χ3n) is 5.29. The molecule has 0 aromatic heterocycles. The normalized spacial score (nSPS) is 11.7. The molecule has 0 saturated carbocycles. The minimum atomic E-state index is -2.94. The zero-order chi connectivity index (χ0) is 19.0. The predicted octanol–water partition coefficient (Wildman–Crippen LogP) is 5.63. The molecule has 0 bridgehead atoms. The third-order valence-corrected chi connectivity index (χ3v) is 8.35. The topological polar surface area (TPSA) is 17.1 Å². The van der Waals surface area contributed by atoms with Gasteiger partial charge in [-0.2, -0.15) is 0 Å². The van der Waals surface area contributed by atoms with Gasteiger partial charge in [-0.1, -0.05) is 97.1 Å². The van der Waals surface area contributed by atoms with Crippen molar-refractivity contribution in [2.24, 2.45) is 0 Å². The van der Waals surface area contributed by atoms with Crippen LogP contribution in [-0.4, -0.2) is 0 Å². The monoisotopic (exact) mass is 378 g/mol. The van der Waals surface area contributed by atoms with Crippen molar-refractivity contribution < 1.29 is 4.57 Å². The van der Waals surface area contributed by atoms with Gasteiger partial charge in [0.1, 0.15) is 0 Å². The Morgan fingerprint density at radius 1 is 0.393 bits per heavy atom. The minimum Gasteiger partial charge on any atom is -0.309 e. The zero-order valence-electron chi connectivity index (χ0n) is 15.3. The highest BCUT2D eigenvalue weighted by molar-refractivity contribution is 7.85. The Morgan fingerprint density at radius 3 is 1.43 bits per heavy atom. The van der Waals surface area contributed by atoms with Crippen LogP contribution in [0.15, 0.2) is 115 Å². The van der Waals surface area contributed by atoms with E-state index in [1.165, 1.54) is 10.8 Å². The summed E-state index contributed by atoms with van der Waals surface area (Å²) in [6.45, 7) is 0. The first-order valence-corrected chi connectivity index (χ1v) is 11.1. The lowest BCUT2D eigenvalue weighted by Gasteiger charge is -2.20. The number of fused-ring (bicyclic) bond motifs is 2. The molecule has 0 heterocycles. The average molecular weight is 378 g/mol. The summed E-state index contributed by atoms with van der Waals surface area (Å²) in [6.07, 6.45) is 0. The molecule has 0 N–H and O–H groups in total. The van der Waals surface area contributed by atoms with Gasteiger partial charge in [-0.25, -0.2) is 0 Å². The molecule has 5 rings (SSSR count). The van der Waals surface area contributed by atoms with Gasteiger partial charge in [0.25, 0.3) is 0 Å². The first kappa shape index (κ1) is 17.0. The van der Waals surface area contributed by atoms with E-state index >= 15 is 0 Å². The van der Waals surface area contributed by atoms with Crippen LogP contribution in [0.2, 0.25) is 0 Å². The largest absolute Gasteiger partial charge is 0.309 e. The van der Waals surface area contributed by atoms with Crippen LogP contribution in [0.4, 0.5) is 0 Å². The first-order valence-electron chi connectivity index (χ1n) is 9.39. The summed E-state index contributed by atoms with van der Waals surface area (Å²) < 4.78 is 14.5. The van der Waals surface area contributed by atoms with Crippen LogP contribution in [0, 0.1) is 0 Å². The van der Waals surface area contributed by atoms with Crippen LogP contribution in [0.1, 0.15) is 0 Å². The SMILES string of the molecule is O=P(c1ccccc1)(c1ccccc1)c1ccc2cc3ccccc3cc2c1. The number of hydrogen-bond donors (Lipinski definition) is 0. The van der Waals surface area contributed by atoms with Crippen LogP contribution in [-0.2, 0) is 4.57 Å². The summed E-state index contributed by atoms with van der Waals surface area (Å²) in [5, 5.41) is 7.28. The van der Waals surface area contributed by atoms with E-state index in [1.807, 2.05) is 66.7 Å². The highest BCUT2D eigenvalue weighted by Crippen LogP contribution is 2.43. The molecule has 1 nitrogen and oxygen atoms in total. The molecule has 134 valence electrons. The number of rotatable bonds is 3. The molecule has 0 atom stereocenters. The second kappa shape index (κ2) is 6.78. The standard InChI is InChI=1S/C26H19OP/c27-28(24-11-3-1-4-12-24,25-13-5-2-6-14-25)26-16-15-22-17-20-9-7-8-10-21(20)18-23(22)19-26/h1-19H. The third kappa shape index (κ3) is 2.76. The van der Waals surface area contributed by atoms with Crippen molar-refractivity contribution in [3.63, 3.8) is 0 Å². The van der Waals surface area contributed by atoms with Gasteiger partial charge in [-0.15, -0.1) is 0 Å². The molecule has 0 saturated heterocycles. The van der Waals surface area contributed by atoms with Gasteiger partial charge in [-0.3, -0.25) is 0 Å². The van der Waals surface area contributed by atoms with Gasteiger partial charge >= 0.3 is 0 Å². The number of hydrogen-bond acceptors (Lipinski definition) is 1. The fraction of sp³-hybridized carbons (Fsp3) is 0. The molecule has 0 fully saturated rings. The Bertz CT molecular complexity index is 1280. The Kier molecular flexibility index (Phi) is 4.11. The summed E-state index contributed by atoms with van der Waals surface area (Å²) in [4.78, 5) is 0. The van der Waals surface area contributed by atoms with Crippen LogP contribution >= 0.6 is 7.14 Å². The molecule has 0 radical (unpaired) electrons. The molecule has 0 aliphatic heterocycles. The lowest BCUT2D eigenvalue weighted by Crippen LogP contribution is -2.24. The number of benzene rings is 5. The van der Waals surface area contributed by atoms with E-state index < -0.39 is 7.14 Å². The maximum Gasteiger partial charge on any atom is 0.171 e. The van der Waals surface area contributed by atoms with Crippen molar-refractivity contribution in [3.05, 3.63) is 115 Å². The van der Waals surface area contributed by atoms with E-state index in [1.54, 1.807) is 0 Å². The van der Waals surface area contributed by atoms with Crippen molar-refractivity contribution in [3.8, 4) is 0 Å². The quantitative estimate of drug-likeness (QED) is 0.294. The van der Waals surface area contributed by atoms with Gasteiger partial charge < -0.3 is 4.57 Å². The Morgan fingerprint density at radius 2 is 0.857 bits per heavy atom. The summed E-state index contributed by atoms with van der Waals surface area (Å²) in [5.41, 5.74) is 0. The zero-order valence-corrected chi connectivity index (χ0v) is 16.2. The molecule has 0 aliphatic carbocycles. The average Bonchev–Trinajstić information content (AvgIpc) is 2.78. The minimum absolute atomic E-state index is 0.862. The fourth-order valence-electron chi connectivity index (χ4n) is 3.85. The van der Waals surface area contributed by atoms with E-state index in [0.29, 0.717) is 0 Å². The fourth-order valence-corrected chi connectivity index (χ4v) is 6.53. The highest BCUT2D eigenvalue weighted by atomic mass is 31.2. The van der Waals surface area contributed by atoms with E-state index in [-0.39, 0.29) is 0 Å². The molecule has 28 heavy (non-hydrogen) atoms. The molecular formula is C26H19OP.